The number of benzene rings is 3. The van der Waals surface area contributed by atoms with Gasteiger partial charge >= 0.3 is 0 Å². The number of carbonyl (C=O) groups excluding carboxylic acids is 2. The maximum atomic E-state index is 15.3. The molecule has 3 aromatic carbocycles. The van der Waals surface area contributed by atoms with Crippen molar-refractivity contribution in [3.8, 4) is 5.75 Å². The van der Waals surface area contributed by atoms with E-state index in [2.05, 4.69) is 80.6 Å². The molecule has 3 aliphatic heterocycles. The second-order valence-electron chi connectivity index (χ2n) is 17.4. The highest BCUT2D eigenvalue weighted by atomic mass is 79.9. The Morgan fingerprint density at radius 1 is 0.954 bits per heavy atom. The van der Waals surface area contributed by atoms with E-state index in [-0.39, 0.29) is 18.4 Å². The third kappa shape index (κ3) is 10.5. The number of imide groups is 1. The van der Waals surface area contributed by atoms with Crippen LogP contribution in [0.2, 0.25) is 0 Å². The van der Waals surface area contributed by atoms with Crippen molar-refractivity contribution in [3.05, 3.63) is 88.0 Å². The molecule has 3 aliphatic rings. The van der Waals surface area contributed by atoms with E-state index >= 15 is 4.39 Å². The summed E-state index contributed by atoms with van der Waals surface area (Å²) >= 11 is 3.60. The fourth-order valence-corrected chi connectivity index (χ4v) is 11.2. The predicted molar refractivity (Wildman–Crippen MR) is 257 cm³/mol. The molecule has 2 unspecified atom stereocenters. The zero-order chi connectivity index (χ0) is 45.8. The lowest BCUT2D eigenvalue weighted by molar-refractivity contribution is -0.134. The van der Waals surface area contributed by atoms with E-state index in [4.69, 9.17) is 14.5 Å². The predicted octanol–water partition coefficient (Wildman–Crippen LogP) is 6.99. The molecule has 15 nitrogen and oxygen atoms in total. The van der Waals surface area contributed by atoms with Crippen LogP contribution in [-0.4, -0.2) is 127 Å². The Morgan fingerprint density at radius 3 is 2.48 bits per heavy atom. The minimum Gasteiger partial charge on any atom is -0.494 e. The molecular weight excluding hydrogens is 914 g/mol. The van der Waals surface area contributed by atoms with E-state index < -0.39 is 24.8 Å². The lowest BCUT2D eigenvalue weighted by atomic mass is 9.89. The second-order valence-corrected chi connectivity index (χ2v) is 21.4. The number of nitrogens with one attached hydrogen (secondary N) is 3. The van der Waals surface area contributed by atoms with Crippen LogP contribution in [0.15, 0.2) is 65.5 Å². The fourth-order valence-electron chi connectivity index (χ4n) is 9.53. The molecule has 0 radical (unpaired) electrons. The first-order chi connectivity index (χ1) is 31.3. The molecule has 344 valence electrons. The van der Waals surface area contributed by atoms with Crippen LogP contribution < -0.4 is 30.9 Å². The fraction of sp³-hybridized carbons (Fsp3) is 0.447. The number of anilines is 5. The van der Waals surface area contributed by atoms with Gasteiger partial charge in [0.1, 0.15) is 30.0 Å². The number of aryl methyl sites for hydroxylation is 1. The number of hydrogen-bond acceptors (Lipinski definition) is 14. The van der Waals surface area contributed by atoms with Crippen LogP contribution in [-0.2, 0) is 31.7 Å². The van der Waals surface area contributed by atoms with E-state index in [9.17, 15) is 14.2 Å². The second kappa shape index (κ2) is 20.2. The molecule has 2 amide bonds. The average Bonchev–Trinajstić information content (AvgIpc) is 3.29. The molecule has 8 rings (SSSR count). The first-order valence-corrected chi connectivity index (χ1v) is 25.6. The lowest BCUT2D eigenvalue weighted by Crippen LogP contribution is -2.59. The molecule has 0 bridgehead atoms. The number of halogens is 2. The van der Waals surface area contributed by atoms with Crippen LogP contribution in [0.3, 0.4) is 0 Å². The van der Waals surface area contributed by atoms with E-state index in [0.717, 1.165) is 75.5 Å². The summed E-state index contributed by atoms with van der Waals surface area (Å²) in [6.45, 7) is 11.6. The Hall–Kier alpha value is -5.06. The van der Waals surface area contributed by atoms with Crippen LogP contribution in [0, 0.1) is 5.82 Å². The number of hydrogen-bond donors (Lipinski definition) is 3. The van der Waals surface area contributed by atoms with Crippen LogP contribution >= 0.6 is 23.1 Å². The van der Waals surface area contributed by atoms with Crippen molar-refractivity contribution in [3.63, 3.8) is 0 Å². The van der Waals surface area contributed by atoms with Gasteiger partial charge in [-0.3, -0.25) is 34.7 Å². The molecule has 18 heteroatoms. The van der Waals surface area contributed by atoms with Crippen molar-refractivity contribution in [2.24, 2.45) is 0 Å². The van der Waals surface area contributed by atoms with Gasteiger partial charge in [0, 0.05) is 101 Å². The van der Waals surface area contributed by atoms with Gasteiger partial charge in [0.05, 0.1) is 46.3 Å². The summed E-state index contributed by atoms with van der Waals surface area (Å²) < 4.78 is 41.1. The molecule has 2 atom stereocenters. The summed E-state index contributed by atoms with van der Waals surface area (Å²) in [7, 11) is 0.632. The summed E-state index contributed by atoms with van der Waals surface area (Å²) in [5.74, 6) is -0.225. The van der Waals surface area contributed by atoms with Gasteiger partial charge in [-0.2, -0.15) is 4.98 Å². The Labute approximate surface area is 387 Å². The molecule has 0 saturated carbocycles. The van der Waals surface area contributed by atoms with Crippen molar-refractivity contribution < 1.29 is 28.0 Å². The summed E-state index contributed by atoms with van der Waals surface area (Å²) in [6.07, 6.45) is 9.01. The van der Waals surface area contributed by atoms with E-state index in [1.54, 1.807) is 58.3 Å². The number of carbonyl (C=O) groups is 2. The van der Waals surface area contributed by atoms with E-state index in [1.807, 2.05) is 18.2 Å². The average molecular weight is 972 g/mol. The zero-order valence-electron chi connectivity index (χ0n) is 37.6. The van der Waals surface area contributed by atoms with Gasteiger partial charge in [0.25, 0.3) is 0 Å². The molecule has 3 N–H and O–H groups in total. The third-order valence-electron chi connectivity index (χ3n) is 12.9. The molecule has 3 saturated heterocycles. The highest BCUT2D eigenvalue weighted by Gasteiger charge is 2.34. The number of piperidine rings is 2. The highest BCUT2D eigenvalue weighted by molar-refractivity contribution is 9.10. The SMILES string of the molecule is CCc1cc(Nc2ncc(Br)c(Nc3ccc4nccnc4c3P(C)(C)=O)n2)c(OC)cc1N1CCC(N2CCN(CCc3ccc(C4CCC(=O)NC4=O)c(F)c3)C(COC)C2)CC1. The first kappa shape index (κ1) is 46.5. The van der Waals surface area contributed by atoms with Crippen molar-refractivity contribution in [1.82, 2.24) is 35.1 Å². The molecule has 2 aromatic heterocycles. The largest absolute Gasteiger partial charge is 0.494 e. The molecule has 3 fully saturated rings. The number of ether oxygens (including phenoxy) is 2. The van der Waals surface area contributed by atoms with Crippen LogP contribution in [0.5, 0.6) is 5.75 Å². The van der Waals surface area contributed by atoms with Gasteiger partial charge in [-0.05, 0) is 96.8 Å². The van der Waals surface area contributed by atoms with Crippen LogP contribution in [0.4, 0.5) is 33.2 Å². The minimum atomic E-state index is -2.79. The van der Waals surface area contributed by atoms with Gasteiger partial charge < -0.3 is 29.6 Å². The smallest absolute Gasteiger partial charge is 0.234 e. The monoisotopic (exact) mass is 970 g/mol. The first-order valence-electron chi connectivity index (χ1n) is 22.2. The Balaban J connectivity index is 0.893. The summed E-state index contributed by atoms with van der Waals surface area (Å²) in [5.41, 5.74) is 6.22. The molecule has 5 aromatic rings. The van der Waals surface area contributed by atoms with Gasteiger partial charge in [-0.15, -0.1) is 0 Å². The lowest BCUT2D eigenvalue weighted by Gasteiger charge is -2.47. The quantitative estimate of drug-likeness (QED) is 0.0726. The maximum Gasteiger partial charge on any atom is 0.234 e. The van der Waals surface area contributed by atoms with Crippen molar-refractivity contribution >= 4 is 80.1 Å². The standard InChI is InChI=1S/C47H57BrFN10O5P/c1-6-30-24-39(54-47-52-26-35(48)45(56-47)53-38-11-10-37-43(51-17-16-50-37)44(38)65(4,5)62)41(64-3)25-40(30)58-19-14-31(15-20-58)59-22-21-57(32(27-59)28-63-2)18-13-29-7-8-33(36(49)23-29)34-9-12-42(60)55-46(34)61/h7-8,10-11,16-17,23-26,31-32,34H,6,9,12-15,18-22,27-28H2,1-5H3,(H,55,60,61)(H2,52,53,54,56). The number of aromatic nitrogens is 4. The van der Waals surface area contributed by atoms with Crippen LogP contribution in [0.1, 0.15) is 55.2 Å². The van der Waals surface area contributed by atoms with Gasteiger partial charge in [0.15, 0.2) is 0 Å². The number of fused-ring (bicyclic) bond motifs is 1. The number of nitrogens with zero attached hydrogens (tertiary/aromatic N) is 7. The highest BCUT2D eigenvalue weighted by Crippen LogP contribution is 2.42. The van der Waals surface area contributed by atoms with E-state index in [0.29, 0.717) is 75.1 Å². The van der Waals surface area contributed by atoms with Crippen molar-refractivity contribution in [2.75, 3.05) is 89.0 Å². The molecule has 0 aliphatic carbocycles. The van der Waals surface area contributed by atoms with Gasteiger partial charge in [-0.1, -0.05) is 19.1 Å². The zero-order valence-corrected chi connectivity index (χ0v) is 40.1. The number of methoxy groups -OCH3 is 2. The summed E-state index contributed by atoms with van der Waals surface area (Å²) in [4.78, 5) is 49.8. The Morgan fingerprint density at radius 2 is 1.75 bits per heavy atom. The van der Waals surface area contributed by atoms with E-state index in [1.165, 1.54) is 5.56 Å². The molecule has 5 heterocycles. The van der Waals surface area contributed by atoms with Gasteiger partial charge in [-0.25, -0.2) is 9.37 Å². The molecule has 0 spiro atoms. The molecular formula is C47H57BrFN10O5P. The Bertz CT molecular complexity index is 2610. The maximum absolute atomic E-state index is 15.3. The van der Waals surface area contributed by atoms with Crippen LogP contribution in [0.25, 0.3) is 11.0 Å². The summed E-state index contributed by atoms with van der Waals surface area (Å²) in [6, 6.07) is 13.8. The van der Waals surface area contributed by atoms with Crippen molar-refractivity contribution in [2.45, 2.75) is 63.5 Å². The normalized spacial score (nSPS) is 19.1. The van der Waals surface area contributed by atoms with Crippen molar-refractivity contribution in [1.29, 1.82) is 0 Å². The topological polar surface area (TPSA) is 167 Å². The third-order valence-corrected chi connectivity index (χ3v) is 15.0. The number of piperazine rings is 1. The minimum absolute atomic E-state index is 0.217. The van der Waals surface area contributed by atoms with Gasteiger partial charge in [0.2, 0.25) is 17.8 Å². The number of amides is 2. The summed E-state index contributed by atoms with van der Waals surface area (Å²) in [5, 5.41) is 9.72. The number of rotatable bonds is 15. The molecule has 65 heavy (non-hydrogen) atoms. The Kier molecular flexibility index (Phi) is 14.5.